The van der Waals surface area contributed by atoms with Crippen molar-refractivity contribution in [3.05, 3.63) is 0 Å². The molecule has 0 aromatic carbocycles. The van der Waals surface area contributed by atoms with Crippen LogP contribution < -0.4 is 0 Å². The van der Waals surface area contributed by atoms with Gasteiger partial charge in [0.25, 0.3) is 0 Å². The van der Waals surface area contributed by atoms with Gasteiger partial charge in [0.15, 0.2) is 0 Å². The Bertz CT molecular complexity index is 181. The van der Waals surface area contributed by atoms with Gasteiger partial charge in [-0.05, 0) is 20.8 Å². The van der Waals surface area contributed by atoms with E-state index in [9.17, 15) is 0 Å². The van der Waals surface area contributed by atoms with Gasteiger partial charge in [-0.25, -0.2) is 0 Å². The molecule has 0 saturated carbocycles. The van der Waals surface area contributed by atoms with Gasteiger partial charge >= 0.3 is 0 Å². The molecule has 0 aliphatic carbocycles. The Balaban J connectivity index is 2.14. The minimum Gasteiger partial charge on any atom is -0.377 e. The van der Waals surface area contributed by atoms with Crippen LogP contribution in [0.25, 0.3) is 0 Å². The Morgan fingerprint density at radius 1 is 1.08 bits per heavy atom. The minimum atomic E-state index is 0.195. The molecule has 2 saturated heterocycles. The van der Waals surface area contributed by atoms with Gasteiger partial charge in [0, 0.05) is 5.54 Å². The van der Waals surface area contributed by atoms with E-state index in [0.29, 0.717) is 0 Å². The second-order valence-corrected chi connectivity index (χ2v) is 4.79. The second-order valence-electron chi connectivity index (χ2n) is 4.79. The minimum absolute atomic E-state index is 0.195. The van der Waals surface area contributed by atoms with Crippen LogP contribution in [-0.4, -0.2) is 42.5 Å². The van der Waals surface area contributed by atoms with Crippen molar-refractivity contribution in [1.82, 2.24) is 4.90 Å². The number of nitrogens with zero attached hydrogens (tertiary/aromatic N) is 1. The maximum absolute atomic E-state index is 5.49. The van der Waals surface area contributed by atoms with E-state index in [1.54, 1.807) is 0 Å². The smallest absolute Gasteiger partial charge is 0.100 e. The molecule has 0 radical (unpaired) electrons. The Hall–Kier alpha value is -0.120. The normalized spacial score (nSPS) is 29.2. The molecule has 0 amide bonds. The molecule has 3 heteroatoms. The molecule has 0 aromatic heterocycles. The summed E-state index contributed by atoms with van der Waals surface area (Å²) in [4.78, 5) is 2.41. The first kappa shape index (κ1) is 8.48. The Kier molecular flexibility index (Phi) is 1.72. The van der Waals surface area contributed by atoms with Crippen molar-refractivity contribution in [2.24, 2.45) is 0 Å². The number of hydrogen-bond acceptors (Lipinski definition) is 3. The average Bonchev–Trinajstić information content (AvgIpc) is 2.25. The maximum Gasteiger partial charge on any atom is 0.100 e. The fourth-order valence-corrected chi connectivity index (χ4v) is 2.02. The first-order valence-electron chi connectivity index (χ1n) is 4.48. The molecule has 2 fully saturated rings. The molecule has 2 aliphatic rings. The van der Waals surface area contributed by atoms with Crippen LogP contribution in [0.5, 0.6) is 0 Å². The van der Waals surface area contributed by atoms with E-state index < -0.39 is 0 Å². The highest BCUT2D eigenvalue weighted by molar-refractivity contribution is 5.02. The number of ether oxygens (including phenoxy) is 2. The molecular formula is C9H17NO2. The van der Waals surface area contributed by atoms with E-state index in [0.717, 1.165) is 26.6 Å². The van der Waals surface area contributed by atoms with E-state index >= 15 is 0 Å². The third kappa shape index (κ3) is 1.08. The van der Waals surface area contributed by atoms with Crippen LogP contribution in [0, 0.1) is 0 Å². The second kappa shape index (κ2) is 2.44. The molecule has 3 nitrogen and oxygen atoms in total. The zero-order valence-corrected chi connectivity index (χ0v) is 8.09. The van der Waals surface area contributed by atoms with Gasteiger partial charge in [-0.3, -0.25) is 4.90 Å². The fraction of sp³-hybridized carbons (Fsp3) is 1.00. The molecule has 0 atom stereocenters. The highest BCUT2D eigenvalue weighted by Gasteiger charge is 2.51. The van der Waals surface area contributed by atoms with Crippen molar-refractivity contribution in [3.8, 4) is 0 Å². The third-order valence-corrected chi connectivity index (χ3v) is 2.71. The molecule has 0 aromatic rings. The van der Waals surface area contributed by atoms with Gasteiger partial charge in [0.1, 0.15) is 6.73 Å². The summed E-state index contributed by atoms with van der Waals surface area (Å²) in [6.45, 7) is 9.94. The lowest BCUT2D eigenvalue weighted by Crippen LogP contribution is -2.65. The van der Waals surface area contributed by atoms with Crippen LogP contribution in [0.15, 0.2) is 0 Å². The zero-order chi connectivity index (χ0) is 8.82. The molecule has 12 heavy (non-hydrogen) atoms. The SMILES string of the molecule is CC(C)(C)N1COCC12COC2. The summed E-state index contributed by atoms with van der Waals surface area (Å²) < 4.78 is 10.8. The summed E-state index contributed by atoms with van der Waals surface area (Å²) in [5.41, 5.74) is 0.401. The fourth-order valence-electron chi connectivity index (χ4n) is 2.02. The third-order valence-electron chi connectivity index (χ3n) is 2.71. The highest BCUT2D eigenvalue weighted by Crippen LogP contribution is 2.35. The summed E-state index contributed by atoms with van der Waals surface area (Å²) in [5, 5.41) is 0. The molecule has 2 rings (SSSR count). The molecule has 70 valence electrons. The van der Waals surface area contributed by atoms with Crippen molar-refractivity contribution in [2.45, 2.75) is 31.8 Å². The lowest BCUT2D eigenvalue weighted by molar-refractivity contribution is -0.140. The molecule has 2 aliphatic heterocycles. The van der Waals surface area contributed by atoms with Crippen LogP contribution >= 0.6 is 0 Å². The van der Waals surface area contributed by atoms with Crippen LogP contribution in [0.4, 0.5) is 0 Å². The van der Waals surface area contributed by atoms with Gasteiger partial charge in [-0.15, -0.1) is 0 Å². The predicted molar refractivity (Wildman–Crippen MR) is 46.0 cm³/mol. The van der Waals surface area contributed by atoms with Gasteiger partial charge in [-0.1, -0.05) is 0 Å². The van der Waals surface area contributed by atoms with Gasteiger partial charge in [-0.2, -0.15) is 0 Å². The lowest BCUT2D eigenvalue weighted by Gasteiger charge is -2.49. The Morgan fingerprint density at radius 2 is 1.67 bits per heavy atom. The first-order chi connectivity index (χ1) is 5.55. The molecule has 0 N–H and O–H groups in total. The molecule has 2 heterocycles. The molecule has 0 unspecified atom stereocenters. The van der Waals surface area contributed by atoms with E-state index in [4.69, 9.17) is 9.47 Å². The van der Waals surface area contributed by atoms with Crippen LogP contribution in [0.2, 0.25) is 0 Å². The van der Waals surface area contributed by atoms with Crippen molar-refractivity contribution in [1.29, 1.82) is 0 Å². The summed E-state index contributed by atoms with van der Waals surface area (Å²) >= 11 is 0. The standard InChI is InChI=1S/C9H17NO2/c1-8(2,3)10-7-12-6-9(10)4-11-5-9/h4-7H2,1-3H3. The van der Waals surface area contributed by atoms with E-state index in [2.05, 4.69) is 25.7 Å². The zero-order valence-electron chi connectivity index (χ0n) is 8.09. The predicted octanol–water partition coefficient (Wildman–Crippen LogP) is 0.844. The number of hydrogen-bond donors (Lipinski definition) is 0. The van der Waals surface area contributed by atoms with E-state index in [1.165, 1.54) is 0 Å². The van der Waals surface area contributed by atoms with Crippen molar-refractivity contribution in [2.75, 3.05) is 26.6 Å². The average molecular weight is 171 g/mol. The van der Waals surface area contributed by atoms with Crippen LogP contribution in [-0.2, 0) is 9.47 Å². The van der Waals surface area contributed by atoms with Gasteiger partial charge < -0.3 is 9.47 Å². The Labute approximate surface area is 73.6 Å². The van der Waals surface area contributed by atoms with Crippen molar-refractivity contribution in [3.63, 3.8) is 0 Å². The summed E-state index contributed by atoms with van der Waals surface area (Å²) in [6.07, 6.45) is 0. The van der Waals surface area contributed by atoms with Crippen LogP contribution in [0.3, 0.4) is 0 Å². The topological polar surface area (TPSA) is 21.7 Å². The Morgan fingerprint density at radius 3 is 2.00 bits per heavy atom. The van der Waals surface area contributed by atoms with E-state index in [-0.39, 0.29) is 11.1 Å². The largest absolute Gasteiger partial charge is 0.377 e. The van der Waals surface area contributed by atoms with Crippen LogP contribution in [0.1, 0.15) is 20.8 Å². The van der Waals surface area contributed by atoms with E-state index in [1.807, 2.05) is 0 Å². The first-order valence-corrected chi connectivity index (χ1v) is 4.48. The van der Waals surface area contributed by atoms with Gasteiger partial charge in [0.05, 0.1) is 25.4 Å². The quantitative estimate of drug-likeness (QED) is 0.539. The van der Waals surface area contributed by atoms with Gasteiger partial charge in [0.2, 0.25) is 0 Å². The molecule has 0 bridgehead atoms. The molecular weight excluding hydrogens is 154 g/mol. The highest BCUT2D eigenvalue weighted by atomic mass is 16.5. The monoisotopic (exact) mass is 171 g/mol. The summed E-state index contributed by atoms with van der Waals surface area (Å²) in [5.74, 6) is 0. The molecule has 1 spiro atoms. The van der Waals surface area contributed by atoms with Crippen molar-refractivity contribution < 1.29 is 9.47 Å². The van der Waals surface area contributed by atoms with Crippen molar-refractivity contribution >= 4 is 0 Å². The number of rotatable bonds is 0. The summed E-state index contributed by atoms with van der Waals surface area (Å²) in [6, 6.07) is 0. The summed E-state index contributed by atoms with van der Waals surface area (Å²) in [7, 11) is 0. The lowest BCUT2D eigenvalue weighted by atomic mass is 9.92. The maximum atomic E-state index is 5.49.